The minimum atomic E-state index is -0.790. The molecule has 7 atom stereocenters. The predicted molar refractivity (Wildman–Crippen MR) is 103 cm³/mol. The van der Waals surface area contributed by atoms with Crippen LogP contribution in [0.4, 0.5) is 0 Å². The summed E-state index contributed by atoms with van der Waals surface area (Å²) in [6.07, 6.45) is 13.0. The van der Waals surface area contributed by atoms with Gasteiger partial charge in [0.1, 0.15) is 11.8 Å². The number of rotatable bonds is 1. The zero-order valence-corrected chi connectivity index (χ0v) is 16.6. The molecular weight excluding hydrogens is 342 g/mol. The fraction of sp³-hybridized carbons (Fsp3) is 0.857. The molecule has 6 heteroatoms. The van der Waals surface area contributed by atoms with Gasteiger partial charge in [-0.1, -0.05) is 19.1 Å². The van der Waals surface area contributed by atoms with Crippen LogP contribution in [-0.2, 0) is 9.47 Å². The van der Waals surface area contributed by atoms with Gasteiger partial charge in [-0.3, -0.25) is 0 Å². The van der Waals surface area contributed by atoms with Crippen LogP contribution < -0.4 is 5.32 Å². The van der Waals surface area contributed by atoms with E-state index in [2.05, 4.69) is 36.2 Å². The van der Waals surface area contributed by atoms with Crippen LogP contribution in [-0.4, -0.2) is 57.8 Å². The number of hydrogen-bond donors (Lipinski definition) is 2. The molecule has 5 aliphatic rings. The first-order valence-corrected chi connectivity index (χ1v) is 10.9. The van der Waals surface area contributed by atoms with E-state index in [0.717, 1.165) is 57.3 Å². The average molecular weight is 376 g/mol. The lowest BCUT2D eigenvalue weighted by Gasteiger charge is -2.54. The monoisotopic (exact) mass is 375 g/mol. The summed E-state index contributed by atoms with van der Waals surface area (Å²) in [6.45, 7) is 4.27. The molecule has 0 aromatic heterocycles. The van der Waals surface area contributed by atoms with Crippen LogP contribution in [0.3, 0.4) is 0 Å². The highest BCUT2D eigenvalue weighted by molar-refractivity contribution is 5.83. The quantitative estimate of drug-likeness (QED) is 0.690. The lowest BCUT2D eigenvalue weighted by atomic mass is 9.88. The maximum atomic E-state index is 10.8. The third-order valence-corrected chi connectivity index (χ3v) is 7.21. The summed E-state index contributed by atoms with van der Waals surface area (Å²) in [7, 11) is 0. The smallest absolute Gasteiger partial charge is 0.199 e. The van der Waals surface area contributed by atoms with Crippen molar-refractivity contribution in [3.05, 3.63) is 12.2 Å². The van der Waals surface area contributed by atoms with Crippen molar-refractivity contribution < 1.29 is 14.6 Å². The Kier molecular flexibility index (Phi) is 4.30. The van der Waals surface area contributed by atoms with Crippen LogP contribution in [0, 0.1) is 0 Å². The second kappa shape index (κ2) is 6.46. The summed E-state index contributed by atoms with van der Waals surface area (Å²) in [6, 6.07) is 0.874. The molecule has 0 aromatic carbocycles. The lowest BCUT2D eigenvalue weighted by molar-refractivity contribution is -0.196. The minimum Gasteiger partial charge on any atom is -0.388 e. The summed E-state index contributed by atoms with van der Waals surface area (Å²) in [5, 5.41) is 14.5. The van der Waals surface area contributed by atoms with Crippen LogP contribution >= 0.6 is 0 Å². The topological polar surface area (TPSA) is 66.3 Å². The molecule has 0 amide bonds. The molecular formula is C21H33N3O3. The summed E-state index contributed by atoms with van der Waals surface area (Å²) in [5.74, 6) is 0.893. The maximum absolute atomic E-state index is 10.8. The van der Waals surface area contributed by atoms with Crippen LogP contribution in [0.15, 0.2) is 17.1 Å². The van der Waals surface area contributed by atoms with Gasteiger partial charge in [-0.15, -0.1) is 0 Å². The zero-order valence-electron chi connectivity index (χ0n) is 16.6. The minimum absolute atomic E-state index is 0.141. The van der Waals surface area contributed by atoms with Gasteiger partial charge < -0.3 is 24.8 Å². The SMILES string of the molecule is CC[C@@H]1C=CCC[C@]2(C[C@H]3CC[C@H]4C[C@@]5(N=C(N2)N34)O[C@@H](C)CC[C@H]5O)O1. The standard InChI is InChI=1S/C21H33N3O3/c1-3-17-6-4-5-11-20(27-17)12-15-8-9-16-13-21(23-19(22-20)24(15)16)18(25)10-7-14(2)26-21/h4,6,14-18,25H,3,5,7-13H2,1-2H3,(H,22,23)/t14-,15+,16-,17+,18+,20+,21+/m0/s1. The van der Waals surface area contributed by atoms with Crippen LogP contribution in [0.2, 0.25) is 0 Å². The number of aliphatic imine (C=N–C) groups is 1. The second-order valence-electron chi connectivity index (χ2n) is 9.15. The number of ether oxygens (including phenoxy) is 2. The maximum Gasteiger partial charge on any atom is 0.199 e. The van der Waals surface area contributed by atoms with Gasteiger partial charge in [0.15, 0.2) is 11.7 Å². The molecule has 2 N–H and O–H groups in total. The number of nitrogens with one attached hydrogen (secondary N) is 1. The number of aliphatic hydroxyl groups is 1. The Balaban J connectivity index is 1.50. The van der Waals surface area contributed by atoms with E-state index in [1.165, 1.54) is 6.42 Å². The van der Waals surface area contributed by atoms with E-state index < -0.39 is 11.8 Å². The first-order valence-electron chi connectivity index (χ1n) is 10.9. The van der Waals surface area contributed by atoms with Crippen molar-refractivity contribution >= 4 is 5.96 Å². The zero-order chi connectivity index (χ0) is 18.6. The Morgan fingerprint density at radius 2 is 2.04 bits per heavy atom. The van der Waals surface area contributed by atoms with Gasteiger partial charge in [-0.05, 0) is 51.9 Å². The Labute approximate surface area is 162 Å². The van der Waals surface area contributed by atoms with E-state index in [1.54, 1.807) is 0 Å². The van der Waals surface area contributed by atoms with Gasteiger partial charge in [0.25, 0.3) is 0 Å². The normalized spacial score (nSPS) is 48.9. The van der Waals surface area contributed by atoms with Crippen molar-refractivity contribution in [3.63, 3.8) is 0 Å². The predicted octanol–water partition coefficient (Wildman–Crippen LogP) is 2.67. The molecule has 6 nitrogen and oxygen atoms in total. The second-order valence-corrected chi connectivity index (χ2v) is 9.15. The summed E-state index contributed by atoms with van der Waals surface area (Å²) >= 11 is 0. The van der Waals surface area contributed by atoms with Gasteiger partial charge in [-0.2, -0.15) is 0 Å². The van der Waals surface area contributed by atoms with Gasteiger partial charge in [0, 0.05) is 24.9 Å². The molecule has 0 bridgehead atoms. The van der Waals surface area contributed by atoms with E-state index in [1.807, 2.05) is 0 Å². The molecule has 0 aromatic rings. The average Bonchev–Trinajstić information content (AvgIpc) is 2.93. The molecule has 5 heterocycles. The molecule has 3 saturated heterocycles. The van der Waals surface area contributed by atoms with E-state index in [-0.39, 0.29) is 17.9 Å². The summed E-state index contributed by atoms with van der Waals surface area (Å²) in [4.78, 5) is 7.52. The van der Waals surface area contributed by atoms with Crippen molar-refractivity contribution in [2.75, 3.05) is 0 Å². The Morgan fingerprint density at radius 3 is 2.85 bits per heavy atom. The Morgan fingerprint density at radius 1 is 1.22 bits per heavy atom. The first-order chi connectivity index (χ1) is 13.0. The highest BCUT2D eigenvalue weighted by Crippen LogP contribution is 2.46. The number of nitrogens with zero attached hydrogens (tertiary/aromatic N) is 2. The fourth-order valence-corrected chi connectivity index (χ4v) is 5.86. The van der Waals surface area contributed by atoms with Crippen molar-refractivity contribution in [2.45, 2.75) is 113 Å². The third kappa shape index (κ3) is 2.91. The molecule has 27 heavy (non-hydrogen) atoms. The Bertz CT molecular complexity index is 653. The lowest BCUT2D eigenvalue weighted by Crippen LogP contribution is -2.69. The van der Waals surface area contributed by atoms with E-state index in [0.29, 0.717) is 12.1 Å². The van der Waals surface area contributed by atoms with Crippen LogP contribution in [0.25, 0.3) is 0 Å². The van der Waals surface area contributed by atoms with Crippen LogP contribution in [0.1, 0.15) is 71.6 Å². The van der Waals surface area contributed by atoms with E-state index in [9.17, 15) is 5.11 Å². The fourth-order valence-electron chi connectivity index (χ4n) is 5.86. The molecule has 0 unspecified atom stereocenters. The van der Waals surface area contributed by atoms with Gasteiger partial charge in [0.2, 0.25) is 0 Å². The molecule has 0 saturated carbocycles. The van der Waals surface area contributed by atoms with Gasteiger partial charge in [-0.25, -0.2) is 4.99 Å². The van der Waals surface area contributed by atoms with Crippen LogP contribution in [0.5, 0.6) is 0 Å². The first kappa shape index (κ1) is 18.0. The number of guanidine groups is 1. The molecule has 3 fully saturated rings. The van der Waals surface area contributed by atoms with Crippen molar-refractivity contribution in [1.82, 2.24) is 10.2 Å². The highest BCUT2D eigenvalue weighted by Gasteiger charge is 2.56. The number of allylic oxidation sites excluding steroid dienone is 1. The highest BCUT2D eigenvalue weighted by atomic mass is 16.5. The van der Waals surface area contributed by atoms with Gasteiger partial charge in [0.05, 0.1) is 12.2 Å². The molecule has 0 aliphatic carbocycles. The van der Waals surface area contributed by atoms with Crippen molar-refractivity contribution in [1.29, 1.82) is 0 Å². The van der Waals surface area contributed by atoms with Crippen molar-refractivity contribution in [3.8, 4) is 0 Å². The van der Waals surface area contributed by atoms with Gasteiger partial charge >= 0.3 is 0 Å². The molecule has 5 aliphatic heterocycles. The number of hydrogen-bond acceptors (Lipinski definition) is 6. The molecule has 150 valence electrons. The van der Waals surface area contributed by atoms with E-state index in [4.69, 9.17) is 14.5 Å². The van der Waals surface area contributed by atoms with Crippen molar-refractivity contribution in [2.24, 2.45) is 4.99 Å². The van der Waals surface area contributed by atoms with E-state index >= 15 is 0 Å². The summed E-state index contributed by atoms with van der Waals surface area (Å²) < 4.78 is 12.9. The molecule has 5 rings (SSSR count). The third-order valence-electron chi connectivity index (χ3n) is 7.21. The number of aliphatic hydroxyl groups excluding tert-OH is 1. The summed E-state index contributed by atoms with van der Waals surface area (Å²) in [5.41, 5.74) is -1.15. The Hall–Kier alpha value is -1.11. The molecule has 0 radical (unpaired) electrons. The molecule has 2 spiro atoms. The largest absolute Gasteiger partial charge is 0.388 e.